The van der Waals surface area contributed by atoms with Crippen molar-refractivity contribution in [1.29, 1.82) is 0 Å². The van der Waals surface area contributed by atoms with Gasteiger partial charge < -0.3 is 10.6 Å². The summed E-state index contributed by atoms with van der Waals surface area (Å²) in [7, 11) is 0. The summed E-state index contributed by atoms with van der Waals surface area (Å²) in [5, 5.41) is 5.26. The molecule has 5 rings (SSSR count). The van der Waals surface area contributed by atoms with Gasteiger partial charge in [-0.25, -0.2) is 8.78 Å². The summed E-state index contributed by atoms with van der Waals surface area (Å²) in [5.41, 5.74) is -0.419. The van der Waals surface area contributed by atoms with Crippen LogP contribution < -0.4 is 10.6 Å². The molecule has 1 aromatic rings. The van der Waals surface area contributed by atoms with Crippen LogP contribution in [-0.2, 0) is 9.59 Å². The number of hydrogen-bond acceptors (Lipinski definition) is 2. The molecule has 1 unspecified atom stereocenters. The third-order valence-corrected chi connectivity index (χ3v) is 6.45. The molecule has 4 aliphatic rings. The number of carbonyl (C=O) groups excluding carboxylic acids is 2. The van der Waals surface area contributed by atoms with Gasteiger partial charge in [0.05, 0.1) is 5.69 Å². The summed E-state index contributed by atoms with van der Waals surface area (Å²) in [4.78, 5) is 25.3. The second kappa shape index (κ2) is 6.32. The predicted octanol–water partition coefficient (Wildman–Crippen LogP) is 3.62. The lowest BCUT2D eigenvalue weighted by molar-refractivity contribution is -0.147. The van der Waals surface area contributed by atoms with E-state index < -0.39 is 23.6 Å². The van der Waals surface area contributed by atoms with Crippen molar-refractivity contribution >= 4 is 17.5 Å². The number of amides is 2. The Morgan fingerprint density at radius 3 is 2.19 bits per heavy atom. The largest absolute Gasteiger partial charge is 0.344 e. The van der Waals surface area contributed by atoms with Crippen molar-refractivity contribution in [3.05, 3.63) is 29.8 Å². The van der Waals surface area contributed by atoms with Gasteiger partial charge in [0.1, 0.15) is 17.7 Å². The molecule has 0 aromatic heterocycles. The fourth-order valence-corrected chi connectivity index (χ4v) is 5.64. The van der Waals surface area contributed by atoms with Gasteiger partial charge in [0, 0.05) is 11.5 Å². The van der Waals surface area contributed by atoms with Crippen LogP contribution in [0.15, 0.2) is 18.2 Å². The van der Waals surface area contributed by atoms with Crippen molar-refractivity contribution in [3.8, 4) is 0 Å². The van der Waals surface area contributed by atoms with E-state index in [4.69, 9.17) is 0 Å². The Morgan fingerprint density at radius 1 is 1.08 bits per heavy atom. The van der Waals surface area contributed by atoms with Crippen LogP contribution in [0, 0.1) is 34.8 Å². The summed E-state index contributed by atoms with van der Waals surface area (Å²) in [6.45, 7) is 1.59. The lowest BCUT2D eigenvalue weighted by Gasteiger charge is -2.55. The summed E-state index contributed by atoms with van der Waals surface area (Å²) in [6, 6.07) is 2.20. The molecular formula is C20H24F2N2O2. The molecule has 0 spiro atoms. The van der Waals surface area contributed by atoms with Crippen LogP contribution in [0.25, 0.3) is 0 Å². The Bertz CT molecular complexity index is 714. The van der Waals surface area contributed by atoms with E-state index in [0.29, 0.717) is 23.8 Å². The maximum atomic E-state index is 13.7. The van der Waals surface area contributed by atoms with Crippen LogP contribution in [0.5, 0.6) is 0 Å². The minimum absolute atomic E-state index is 0.0428. The zero-order valence-electron chi connectivity index (χ0n) is 14.9. The zero-order chi connectivity index (χ0) is 18.5. The maximum Gasteiger partial charge on any atom is 0.246 e. The number of carbonyl (C=O) groups is 2. The quantitative estimate of drug-likeness (QED) is 0.859. The molecule has 140 valence electrons. The topological polar surface area (TPSA) is 58.2 Å². The molecule has 0 aliphatic heterocycles. The first kappa shape index (κ1) is 17.4. The minimum atomic E-state index is -0.835. The molecule has 4 aliphatic carbocycles. The monoisotopic (exact) mass is 362 g/mol. The third-order valence-electron chi connectivity index (χ3n) is 6.45. The molecule has 0 heterocycles. The first-order valence-corrected chi connectivity index (χ1v) is 9.41. The highest BCUT2D eigenvalue weighted by Gasteiger charge is 2.54. The molecule has 4 fully saturated rings. The second-order valence-electron chi connectivity index (χ2n) is 8.51. The molecule has 2 amide bonds. The van der Waals surface area contributed by atoms with E-state index in [1.54, 1.807) is 6.92 Å². The molecule has 26 heavy (non-hydrogen) atoms. The van der Waals surface area contributed by atoms with E-state index in [1.165, 1.54) is 25.3 Å². The van der Waals surface area contributed by atoms with Crippen molar-refractivity contribution in [2.45, 2.75) is 51.5 Å². The smallest absolute Gasteiger partial charge is 0.246 e. The number of benzene rings is 1. The van der Waals surface area contributed by atoms with Gasteiger partial charge in [-0.05, 0) is 75.3 Å². The molecule has 0 saturated heterocycles. The Hall–Kier alpha value is -1.98. The molecule has 4 nitrogen and oxygen atoms in total. The maximum absolute atomic E-state index is 13.7. The average molecular weight is 362 g/mol. The van der Waals surface area contributed by atoms with Crippen LogP contribution in [0.3, 0.4) is 0 Å². The molecule has 2 N–H and O–H groups in total. The fraction of sp³-hybridized carbons (Fsp3) is 0.600. The molecule has 1 aromatic carbocycles. The molecule has 1 atom stereocenters. The highest BCUT2D eigenvalue weighted by Crippen LogP contribution is 2.60. The van der Waals surface area contributed by atoms with Gasteiger partial charge in [-0.1, -0.05) is 0 Å². The number of hydrogen-bond donors (Lipinski definition) is 2. The van der Waals surface area contributed by atoms with Crippen molar-refractivity contribution in [2.24, 2.45) is 23.2 Å². The Morgan fingerprint density at radius 2 is 1.65 bits per heavy atom. The number of anilines is 1. The first-order valence-electron chi connectivity index (χ1n) is 9.41. The van der Waals surface area contributed by atoms with E-state index in [0.717, 1.165) is 25.3 Å². The van der Waals surface area contributed by atoms with Gasteiger partial charge in [0.25, 0.3) is 0 Å². The third kappa shape index (κ3) is 3.10. The molecular weight excluding hydrogens is 338 g/mol. The second-order valence-corrected chi connectivity index (χ2v) is 8.51. The van der Waals surface area contributed by atoms with Crippen LogP contribution in [-0.4, -0.2) is 17.9 Å². The Labute approximate surface area is 151 Å². The minimum Gasteiger partial charge on any atom is -0.344 e. The van der Waals surface area contributed by atoms with E-state index in [9.17, 15) is 18.4 Å². The van der Waals surface area contributed by atoms with Gasteiger partial charge in [0.2, 0.25) is 11.8 Å². The van der Waals surface area contributed by atoms with Crippen molar-refractivity contribution in [3.63, 3.8) is 0 Å². The van der Waals surface area contributed by atoms with E-state index in [1.807, 2.05) is 0 Å². The van der Waals surface area contributed by atoms with Crippen LogP contribution in [0.1, 0.15) is 45.4 Å². The van der Waals surface area contributed by atoms with Gasteiger partial charge in [0.15, 0.2) is 0 Å². The first-order chi connectivity index (χ1) is 12.3. The normalized spacial score (nSPS) is 33.0. The van der Waals surface area contributed by atoms with Crippen molar-refractivity contribution in [2.75, 3.05) is 5.32 Å². The van der Waals surface area contributed by atoms with Gasteiger partial charge in [-0.3, -0.25) is 9.59 Å². The zero-order valence-corrected chi connectivity index (χ0v) is 14.9. The van der Waals surface area contributed by atoms with E-state index in [2.05, 4.69) is 10.6 Å². The average Bonchev–Trinajstić information content (AvgIpc) is 2.56. The van der Waals surface area contributed by atoms with Gasteiger partial charge in [-0.15, -0.1) is 0 Å². The number of rotatable bonds is 4. The number of nitrogens with one attached hydrogen (secondary N) is 2. The van der Waals surface area contributed by atoms with E-state index in [-0.39, 0.29) is 17.0 Å². The molecule has 0 radical (unpaired) electrons. The Balaban J connectivity index is 1.40. The van der Waals surface area contributed by atoms with Crippen molar-refractivity contribution < 1.29 is 18.4 Å². The Kier molecular flexibility index (Phi) is 4.24. The summed E-state index contributed by atoms with van der Waals surface area (Å²) in [6.07, 6.45) is 6.49. The summed E-state index contributed by atoms with van der Waals surface area (Å²) >= 11 is 0. The highest BCUT2D eigenvalue weighted by atomic mass is 19.1. The molecule has 4 bridgehead atoms. The van der Waals surface area contributed by atoms with Crippen LogP contribution in [0.2, 0.25) is 0 Å². The van der Waals surface area contributed by atoms with Crippen LogP contribution in [0.4, 0.5) is 14.5 Å². The highest BCUT2D eigenvalue weighted by molar-refractivity contribution is 5.97. The van der Waals surface area contributed by atoms with Crippen LogP contribution >= 0.6 is 0 Å². The lowest BCUT2D eigenvalue weighted by Crippen LogP contribution is -2.56. The van der Waals surface area contributed by atoms with Gasteiger partial charge >= 0.3 is 0 Å². The summed E-state index contributed by atoms with van der Waals surface area (Å²) < 4.78 is 26.7. The molecule has 4 saturated carbocycles. The van der Waals surface area contributed by atoms with Gasteiger partial charge in [-0.2, -0.15) is 0 Å². The van der Waals surface area contributed by atoms with Crippen molar-refractivity contribution in [1.82, 2.24) is 5.32 Å². The standard InChI is InChI=1S/C20H24F2N2O2/c1-11(18(25)24-17-3-2-15(21)7-16(17)22)23-19(26)20-8-12-4-13(9-20)6-14(5-12)10-20/h2-3,7,11-14H,4-6,8-10H2,1H3,(H,23,26)(H,24,25). The summed E-state index contributed by atoms with van der Waals surface area (Å²) in [5.74, 6) is -0.160. The SMILES string of the molecule is CC(NC(=O)C12CC3CC(CC(C3)C1)C2)C(=O)Nc1ccc(F)cc1F. The van der Waals surface area contributed by atoms with E-state index >= 15 is 0 Å². The lowest BCUT2D eigenvalue weighted by atomic mass is 9.49. The molecule has 6 heteroatoms. The number of halogens is 2. The predicted molar refractivity (Wildman–Crippen MR) is 93.2 cm³/mol. The fourth-order valence-electron chi connectivity index (χ4n) is 5.64.